The van der Waals surface area contributed by atoms with E-state index in [0.717, 1.165) is 19.4 Å². The molecule has 1 N–H and O–H groups in total. The van der Waals surface area contributed by atoms with Gasteiger partial charge in [-0.15, -0.1) is 0 Å². The molecule has 0 spiro atoms. The van der Waals surface area contributed by atoms with Crippen LogP contribution in [0.5, 0.6) is 0 Å². The maximum atomic E-state index is 4.12. The lowest BCUT2D eigenvalue weighted by molar-refractivity contribution is 0.513. The van der Waals surface area contributed by atoms with Gasteiger partial charge in [0.05, 0.1) is 0 Å². The van der Waals surface area contributed by atoms with Gasteiger partial charge >= 0.3 is 0 Å². The minimum absolute atomic E-state index is 0.521. The van der Waals surface area contributed by atoms with E-state index in [1.54, 1.807) is 0 Å². The summed E-state index contributed by atoms with van der Waals surface area (Å²) in [5, 5.41) is 3.58. The number of aryl methyl sites for hydroxylation is 2. The Labute approximate surface area is 115 Å². The second kappa shape index (κ2) is 7.05. The van der Waals surface area contributed by atoms with Gasteiger partial charge in [-0.3, -0.25) is 4.98 Å². The Morgan fingerprint density at radius 2 is 1.95 bits per heavy atom. The van der Waals surface area contributed by atoms with Gasteiger partial charge in [0.25, 0.3) is 0 Å². The van der Waals surface area contributed by atoms with Crippen LogP contribution >= 0.6 is 0 Å². The predicted octanol–water partition coefficient (Wildman–Crippen LogP) is 3.50. The molecule has 19 heavy (non-hydrogen) atoms. The molecule has 100 valence electrons. The van der Waals surface area contributed by atoms with Crippen LogP contribution in [0.15, 0.2) is 48.8 Å². The Balaban J connectivity index is 1.76. The average molecular weight is 254 g/mol. The van der Waals surface area contributed by atoms with E-state index in [1.165, 1.54) is 16.7 Å². The molecule has 2 heteroatoms. The number of nitrogens with zero attached hydrogens (tertiary/aromatic N) is 1. The number of rotatable bonds is 6. The average Bonchev–Trinajstić information content (AvgIpc) is 2.45. The molecule has 1 aromatic carbocycles. The number of aromatic nitrogens is 1. The summed E-state index contributed by atoms with van der Waals surface area (Å²) < 4.78 is 0. The van der Waals surface area contributed by atoms with E-state index < -0.39 is 0 Å². The molecule has 0 fully saturated rings. The van der Waals surface area contributed by atoms with Gasteiger partial charge in [0.15, 0.2) is 0 Å². The maximum Gasteiger partial charge on any atom is 0.0300 e. The van der Waals surface area contributed by atoms with Crippen LogP contribution in [0.4, 0.5) is 0 Å². The van der Waals surface area contributed by atoms with Crippen molar-refractivity contribution in [3.8, 4) is 0 Å². The van der Waals surface area contributed by atoms with Crippen molar-refractivity contribution in [2.24, 2.45) is 0 Å². The number of hydrogen-bond acceptors (Lipinski definition) is 2. The van der Waals surface area contributed by atoms with Gasteiger partial charge in [-0.25, -0.2) is 0 Å². The predicted molar refractivity (Wildman–Crippen MR) is 80.0 cm³/mol. The van der Waals surface area contributed by atoms with E-state index in [4.69, 9.17) is 0 Å². The van der Waals surface area contributed by atoms with Crippen LogP contribution in [0, 0.1) is 6.92 Å². The highest BCUT2D eigenvalue weighted by Crippen LogP contribution is 2.07. The summed E-state index contributed by atoms with van der Waals surface area (Å²) in [6, 6.07) is 13.3. The van der Waals surface area contributed by atoms with E-state index in [-0.39, 0.29) is 0 Å². The fourth-order valence-corrected chi connectivity index (χ4v) is 2.11. The second-order valence-electron chi connectivity index (χ2n) is 5.11. The van der Waals surface area contributed by atoms with E-state index in [9.17, 15) is 0 Å². The van der Waals surface area contributed by atoms with Crippen molar-refractivity contribution in [1.29, 1.82) is 0 Å². The minimum atomic E-state index is 0.521. The first-order chi connectivity index (χ1) is 9.25. The van der Waals surface area contributed by atoms with Crippen LogP contribution in [0.25, 0.3) is 0 Å². The fraction of sp³-hybridized carbons (Fsp3) is 0.353. The highest BCUT2D eigenvalue weighted by molar-refractivity contribution is 5.21. The maximum absolute atomic E-state index is 4.12. The number of benzene rings is 1. The summed E-state index contributed by atoms with van der Waals surface area (Å²) in [7, 11) is 0. The van der Waals surface area contributed by atoms with Crippen LogP contribution in [0.2, 0.25) is 0 Å². The van der Waals surface area contributed by atoms with Crippen LogP contribution in [-0.4, -0.2) is 11.0 Å². The SMILES string of the molecule is Cc1cnccc1CNC(C)CCc1ccccc1. The third kappa shape index (κ3) is 4.49. The van der Waals surface area contributed by atoms with Gasteiger partial charge in [0, 0.05) is 25.0 Å². The third-order valence-corrected chi connectivity index (χ3v) is 3.49. The lowest BCUT2D eigenvalue weighted by Crippen LogP contribution is -2.26. The lowest BCUT2D eigenvalue weighted by atomic mass is 10.1. The Kier molecular flexibility index (Phi) is 5.10. The molecule has 2 aromatic rings. The summed E-state index contributed by atoms with van der Waals surface area (Å²) in [5.74, 6) is 0. The van der Waals surface area contributed by atoms with Gasteiger partial charge in [0.2, 0.25) is 0 Å². The van der Waals surface area contributed by atoms with E-state index in [2.05, 4.69) is 60.5 Å². The van der Waals surface area contributed by atoms with Gasteiger partial charge in [-0.2, -0.15) is 0 Å². The molecule has 0 saturated heterocycles. The standard InChI is InChI=1S/C17H22N2/c1-14-12-18-11-10-17(14)13-19-15(2)8-9-16-6-4-3-5-7-16/h3-7,10-12,15,19H,8-9,13H2,1-2H3. The zero-order valence-corrected chi connectivity index (χ0v) is 11.8. The van der Waals surface area contributed by atoms with Crippen molar-refractivity contribution in [1.82, 2.24) is 10.3 Å². The molecule has 0 bridgehead atoms. The van der Waals surface area contributed by atoms with Crippen molar-refractivity contribution >= 4 is 0 Å². The smallest absolute Gasteiger partial charge is 0.0300 e. The third-order valence-electron chi connectivity index (χ3n) is 3.49. The Morgan fingerprint density at radius 3 is 2.68 bits per heavy atom. The van der Waals surface area contributed by atoms with Crippen LogP contribution in [0.3, 0.4) is 0 Å². The first-order valence-corrected chi connectivity index (χ1v) is 6.92. The van der Waals surface area contributed by atoms with Crippen LogP contribution in [-0.2, 0) is 13.0 Å². The normalized spacial score (nSPS) is 12.3. The quantitative estimate of drug-likeness (QED) is 0.853. The van der Waals surface area contributed by atoms with Crippen molar-refractivity contribution in [3.05, 3.63) is 65.5 Å². The van der Waals surface area contributed by atoms with Crippen molar-refractivity contribution in [2.75, 3.05) is 0 Å². The highest BCUT2D eigenvalue weighted by Gasteiger charge is 2.03. The van der Waals surface area contributed by atoms with E-state index in [1.807, 2.05) is 12.4 Å². The molecular formula is C17H22N2. The molecule has 1 aromatic heterocycles. The number of hydrogen-bond donors (Lipinski definition) is 1. The number of pyridine rings is 1. The molecule has 1 unspecified atom stereocenters. The summed E-state index contributed by atoms with van der Waals surface area (Å²) in [6.45, 7) is 5.28. The fourth-order valence-electron chi connectivity index (χ4n) is 2.11. The second-order valence-corrected chi connectivity index (χ2v) is 5.11. The van der Waals surface area contributed by atoms with Crippen LogP contribution < -0.4 is 5.32 Å². The molecule has 1 atom stereocenters. The van der Waals surface area contributed by atoms with E-state index >= 15 is 0 Å². The molecule has 2 rings (SSSR count). The first-order valence-electron chi connectivity index (χ1n) is 6.92. The van der Waals surface area contributed by atoms with E-state index in [0.29, 0.717) is 6.04 Å². The molecule has 2 nitrogen and oxygen atoms in total. The largest absolute Gasteiger partial charge is 0.310 e. The molecule has 1 heterocycles. The molecule has 0 aliphatic rings. The monoisotopic (exact) mass is 254 g/mol. The van der Waals surface area contributed by atoms with Gasteiger partial charge in [0.1, 0.15) is 0 Å². The number of nitrogens with one attached hydrogen (secondary N) is 1. The molecule has 0 aliphatic heterocycles. The highest BCUT2D eigenvalue weighted by atomic mass is 14.9. The Hall–Kier alpha value is -1.67. The summed E-state index contributed by atoms with van der Waals surface area (Å²) in [4.78, 5) is 4.12. The van der Waals surface area contributed by atoms with Crippen molar-refractivity contribution < 1.29 is 0 Å². The lowest BCUT2D eigenvalue weighted by Gasteiger charge is -2.14. The minimum Gasteiger partial charge on any atom is -0.310 e. The topological polar surface area (TPSA) is 24.9 Å². The summed E-state index contributed by atoms with van der Waals surface area (Å²) >= 11 is 0. The molecular weight excluding hydrogens is 232 g/mol. The van der Waals surface area contributed by atoms with Crippen molar-refractivity contribution in [2.45, 2.75) is 39.3 Å². The van der Waals surface area contributed by atoms with Gasteiger partial charge in [-0.05, 0) is 49.4 Å². The zero-order chi connectivity index (χ0) is 13.5. The zero-order valence-electron chi connectivity index (χ0n) is 11.8. The van der Waals surface area contributed by atoms with Crippen molar-refractivity contribution in [3.63, 3.8) is 0 Å². The Bertz CT molecular complexity index is 494. The molecule has 0 amide bonds. The molecule has 0 radical (unpaired) electrons. The van der Waals surface area contributed by atoms with Gasteiger partial charge < -0.3 is 5.32 Å². The van der Waals surface area contributed by atoms with Gasteiger partial charge in [-0.1, -0.05) is 30.3 Å². The first kappa shape index (κ1) is 13.8. The van der Waals surface area contributed by atoms with Crippen LogP contribution in [0.1, 0.15) is 30.0 Å². The Morgan fingerprint density at radius 1 is 1.16 bits per heavy atom. The molecule has 0 aliphatic carbocycles. The molecule has 0 saturated carbocycles. The summed E-state index contributed by atoms with van der Waals surface area (Å²) in [6.07, 6.45) is 6.07. The summed E-state index contributed by atoms with van der Waals surface area (Å²) in [5.41, 5.74) is 4.00.